The standard InChI is InChI=1S/C24H24ClN3O4/c1-14-12-19(25)8-9-22(14)32-17(4)23(29)26-20-7-5-6-18(13-20)15(2)27-28-24(30)21-10-11-31-16(21)3/h5-13,17H,1-4H3,(H,26,29)(H,28,30)/b27-15+/t17-/m1/s1. The Balaban J connectivity index is 1.64. The summed E-state index contributed by atoms with van der Waals surface area (Å²) in [6.07, 6.45) is 0.733. The van der Waals surface area contributed by atoms with Crippen molar-refractivity contribution in [1.29, 1.82) is 0 Å². The highest BCUT2D eigenvalue weighted by Gasteiger charge is 2.16. The predicted molar refractivity (Wildman–Crippen MR) is 124 cm³/mol. The Labute approximate surface area is 191 Å². The maximum Gasteiger partial charge on any atom is 0.274 e. The number of ether oxygens (including phenoxy) is 1. The normalized spacial score (nSPS) is 12.2. The van der Waals surface area contributed by atoms with Crippen LogP contribution in [-0.2, 0) is 4.79 Å². The molecule has 0 aliphatic heterocycles. The fraction of sp³-hybridized carbons (Fsp3) is 0.208. The van der Waals surface area contributed by atoms with Gasteiger partial charge in [0, 0.05) is 10.7 Å². The summed E-state index contributed by atoms with van der Waals surface area (Å²) in [5.74, 6) is 0.459. The highest BCUT2D eigenvalue weighted by Crippen LogP contribution is 2.23. The Kier molecular flexibility index (Phi) is 7.33. The first-order valence-corrected chi connectivity index (χ1v) is 10.3. The van der Waals surface area contributed by atoms with Gasteiger partial charge in [-0.2, -0.15) is 5.10 Å². The van der Waals surface area contributed by atoms with Gasteiger partial charge in [0.2, 0.25) is 0 Å². The fourth-order valence-corrected chi connectivity index (χ4v) is 3.16. The second-order valence-corrected chi connectivity index (χ2v) is 7.70. The van der Waals surface area contributed by atoms with E-state index in [0.717, 1.165) is 11.1 Å². The largest absolute Gasteiger partial charge is 0.481 e. The van der Waals surface area contributed by atoms with Crippen molar-refractivity contribution in [1.82, 2.24) is 5.43 Å². The van der Waals surface area contributed by atoms with E-state index in [1.165, 1.54) is 6.26 Å². The highest BCUT2D eigenvalue weighted by atomic mass is 35.5. The molecule has 3 aromatic rings. The number of rotatable bonds is 7. The molecule has 0 fully saturated rings. The van der Waals surface area contributed by atoms with Gasteiger partial charge in [-0.1, -0.05) is 23.7 Å². The number of benzene rings is 2. The molecule has 7 nitrogen and oxygen atoms in total. The summed E-state index contributed by atoms with van der Waals surface area (Å²) in [5, 5.41) is 7.59. The summed E-state index contributed by atoms with van der Waals surface area (Å²) in [6, 6.07) is 14.0. The van der Waals surface area contributed by atoms with Crippen molar-refractivity contribution < 1.29 is 18.7 Å². The Hall–Kier alpha value is -3.58. The molecule has 0 bridgehead atoms. The molecular formula is C24H24ClN3O4. The van der Waals surface area contributed by atoms with Crippen molar-refractivity contribution in [2.24, 2.45) is 5.10 Å². The molecule has 1 atom stereocenters. The SMILES string of the molecule is C/C(=N\NC(=O)c1ccoc1C)c1cccc(NC(=O)[C@@H](C)Oc2ccc(Cl)cc2C)c1. The highest BCUT2D eigenvalue weighted by molar-refractivity contribution is 6.30. The first kappa shape index (κ1) is 23.1. The Morgan fingerprint density at radius 1 is 1.12 bits per heavy atom. The summed E-state index contributed by atoms with van der Waals surface area (Å²) in [5.41, 5.74) is 5.69. The van der Waals surface area contributed by atoms with Crippen LogP contribution in [0.3, 0.4) is 0 Å². The van der Waals surface area contributed by atoms with Gasteiger partial charge >= 0.3 is 0 Å². The maximum atomic E-state index is 12.6. The number of hydrogen-bond acceptors (Lipinski definition) is 5. The van der Waals surface area contributed by atoms with Crippen molar-refractivity contribution >= 4 is 34.8 Å². The van der Waals surface area contributed by atoms with Gasteiger partial charge in [0.05, 0.1) is 17.5 Å². The minimum absolute atomic E-state index is 0.296. The quantitative estimate of drug-likeness (QED) is 0.384. The van der Waals surface area contributed by atoms with Gasteiger partial charge in [0.25, 0.3) is 11.8 Å². The second kappa shape index (κ2) is 10.2. The molecule has 0 unspecified atom stereocenters. The van der Waals surface area contributed by atoms with Crippen LogP contribution in [-0.4, -0.2) is 23.6 Å². The molecule has 3 rings (SSSR count). The van der Waals surface area contributed by atoms with Crippen molar-refractivity contribution in [2.45, 2.75) is 33.8 Å². The van der Waals surface area contributed by atoms with E-state index >= 15 is 0 Å². The van der Waals surface area contributed by atoms with Gasteiger partial charge in [-0.05, 0) is 75.2 Å². The molecule has 32 heavy (non-hydrogen) atoms. The zero-order valence-electron chi connectivity index (χ0n) is 18.2. The van der Waals surface area contributed by atoms with Crippen LogP contribution >= 0.6 is 11.6 Å². The van der Waals surface area contributed by atoms with E-state index in [1.54, 1.807) is 63.2 Å². The molecule has 166 valence electrons. The van der Waals surface area contributed by atoms with E-state index < -0.39 is 6.10 Å². The minimum Gasteiger partial charge on any atom is -0.481 e. The molecular weight excluding hydrogens is 430 g/mol. The summed E-state index contributed by atoms with van der Waals surface area (Å²) in [7, 11) is 0. The monoisotopic (exact) mass is 453 g/mol. The van der Waals surface area contributed by atoms with Gasteiger partial charge in [-0.15, -0.1) is 0 Å². The summed E-state index contributed by atoms with van der Waals surface area (Å²) >= 11 is 5.96. The lowest BCUT2D eigenvalue weighted by molar-refractivity contribution is -0.122. The lowest BCUT2D eigenvalue weighted by Gasteiger charge is -2.16. The van der Waals surface area contributed by atoms with Gasteiger partial charge in [-0.3, -0.25) is 9.59 Å². The lowest BCUT2D eigenvalue weighted by atomic mass is 10.1. The number of halogens is 1. The first-order chi connectivity index (χ1) is 15.2. The number of furan rings is 1. The van der Waals surface area contributed by atoms with Crippen LogP contribution in [0.2, 0.25) is 5.02 Å². The number of aryl methyl sites for hydroxylation is 2. The van der Waals surface area contributed by atoms with Gasteiger partial charge < -0.3 is 14.5 Å². The van der Waals surface area contributed by atoms with Gasteiger partial charge in [-0.25, -0.2) is 5.43 Å². The molecule has 1 heterocycles. The minimum atomic E-state index is -0.717. The van der Waals surface area contributed by atoms with Gasteiger partial charge in [0.1, 0.15) is 11.5 Å². The van der Waals surface area contributed by atoms with E-state index in [4.69, 9.17) is 20.8 Å². The number of nitrogens with zero attached hydrogens (tertiary/aromatic N) is 1. The first-order valence-electron chi connectivity index (χ1n) is 9.97. The number of hydrogen-bond donors (Lipinski definition) is 2. The third-order valence-corrected chi connectivity index (χ3v) is 5.02. The molecule has 2 aromatic carbocycles. The molecule has 2 amide bonds. The maximum absolute atomic E-state index is 12.6. The van der Waals surface area contributed by atoms with Crippen LogP contribution in [0.15, 0.2) is 64.3 Å². The van der Waals surface area contributed by atoms with Crippen LogP contribution in [0, 0.1) is 13.8 Å². The Bertz CT molecular complexity index is 1170. The smallest absolute Gasteiger partial charge is 0.274 e. The van der Waals surface area contributed by atoms with E-state index in [9.17, 15) is 9.59 Å². The van der Waals surface area contributed by atoms with Gasteiger partial charge in [0.15, 0.2) is 6.10 Å². The molecule has 0 aliphatic carbocycles. The van der Waals surface area contributed by atoms with Crippen molar-refractivity contribution in [3.05, 3.63) is 82.3 Å². The van der Waals surface area contributed by atoms with E-state index in [1.807, 2.05) is 13.0 Å². The zero-order valence-corrected chi connectivity index (χ0v) is 19.0. The van der Waals surface area contributed by atoms with Crippen molar-refractivity contribution in [2.75, 3.05) is 5.32 Å². The number of nitrogens with one attached hydrogen (secondary N) is 2. The van der Waals surface area contributed by atoms with Crippen LogP contribution in [0.25, 0.3) is 0 Å². The molecule has 0 aliphatic rings. The van der Waals surface area contributed by atoms with Crippen LogP contribution in [0.5, 0.6) is 5.75 Å². The van der Waals surface area contributed by atoms with Crippen LogP contribution < -0.4 is 15.5 Å². The van der Waals surface area contributed by atoms with E-state index in [0.29, 0.717) is 33.5 Å². The molecule has 0 saturated carbocycles. The van der Waals surface area contributed by atoms with Crippen molar-refractivity contribution in [3.8, 4) is 5.75 Å². The molecule has 2 N–H and O–H groups in total. The third-order valence-electron chi connectivity index (χ3n) is 4.79. The Morgan fingerprint density at radius 3 is 2.59 bits per heavy atom. The fourth-order valence-electron chi connectivity index (χ4n) is 2.93. The average Bonchev–Trinajstić information content (AvgIpc) is 3.19. The molecule has 1 aromatic heterocycles. The van der Waals surface area contributed by atoms with E-state index in [2.05, 4.69) is 15.8 Å². The average molecular weight is 454 g/mol. The molecule has 8 heteroatoms. The Morgan fingerprint density at radius 2 is 1.91 bits per heavy atom. The third kappa shape index (κ3) is 5.76. The molecule has 0 radical (unpaired) electrons. The van der Waals surface area contributed by atoms with Crippen LogP contribution in [0.4, 0.5) is 5.69 Å². The number of carbonyl (C=O) groups is 2. The number of hydrazone groups is 1. The van der Waals surface area contributed by atoms with Crippen molar-refractivity contribution in [3.63, 3.8) is 0 Å². The summed E-state index contributed by atoms with van der Waals surface area (Å²) in [4.78, 5) is 24.8. The topological polar surface area (TPSA) is 92.9 Å². The second-order valence-electron chi connectivity index (χ2n) is 7.27. The van der Waals surface area contributed by atoms with Crippen LogP contribution in [0.1, 0.15) is 41.1 Å². The number of amides is 2. The zero-order chi connectivity index (χ0) is 23.3. The molecule has 0 spiro atoms. The summed E-state index contributed by atoms with van der Waals surface area (Å²) < 4.78 is 10.9. The van der Waals surface area contributed by atoms with E-state index in [-0.39, 0.29) is 11.8 Å². The number of carbonyl (C=O) groups excluding carboxylic acids is 2. The number of anilines is 1. The lowest BCUT2D eigenvalue weighted by Crippen LogP contribution is -2.30. The molecule has 0 saturated heterocycles. The summed E-state index contributed by atoms with van der Waals surface area (Å²) in [6.45, 7) is 7.01. The predicted octanol–water partition coefficient (Wildman–Crippen LogP) is 5.11.